The van der Waals surface area contributed by atoms with Crippen LogP contribution in [0.1, 0.15) is 49.4 Å². The minimum Gasteiger partial charge on any atom is -0.451 e. The normalized spacial score (nSPS) is 15.4. The number of furan rings is 1. The van der Waals surface area contributed by atoms with Crippen molar-refractivity contribution in [2.45, 2.75) is 33.2 Å². The van der Waals surface area contributed by atoms with Gasteiger partial charge in [0.2, 0.25) is 0 Å². The Morgan fingerprint density at radius 2 is 2.03 bits per heavy atom. The molecule has 1 aliphatic heterocycles. The Labute approximate surface area is 181 Å². The van der Waals surface area contributed by atoms with E-state index in [9.17, 15) is 4.79 Å². The van der Waals surface area contributed by atoms with Crippen LogP contribution in [0, 0.1) is 0 Å². The molecule has 1 N–H and O–H groups in total. The van der Waals surface area contributed by atoms with E-state index in [1.165, 1.54) is 16.8 Å². The Kier molecular flexibility index (Phi) is 5.16. The maximum atomic E-state index is 12.4. The fourth-order valence-corrected chi connectivity index (χ4v) is 4.29. The van der Waals surface area contributed by atoms with Gasteiger partial charge in [0.05, 0.1) is 11.8 Å². The molecule has 0 spiro atoms. The molecule has 0 bridgehead atoms. The van der Waals surface area contributed by atoms with Crippen LogP contribution in [0.5, 0.6) is 0 Å². The van der Waals surface area contributed by atoms with Gasteiger partial charge in [-0.3, -0.25) is 4.79 Å². The fraction of sp³-hybridized carbons (Fsp3) is 0.250. The molecule has 2 aromatic carbocycles. The summed E-state index contributed by atoms with van der Waals surface area (Å²) in [5.74, 6) is -0.221. The van der Waals surface area contributed by atoms with E-state index < -0.39 is 5.91 Å². The Morgan fingerprint density at radius 3 is 2.80 bits per heavy atom. The third-order valence-corrected chi connectivity index (χ3v) is 5.63. The minimum absolute atomic E-state index is 0.0216. The number of halogens is 1. The predicted octanol–water partition coefficient (Wildman–Crippen LogP) is 5.87. The van der Waals surface area contributed by atoms with E-state index in [0.29, 0.717) is 10.6 Å². The van der Waals surface area contributed by atoms with Crippen LogP contribution in [0.3, 0.4) is 0 Å². The highest BCUT2D eigenvalue weighted by atomic mass is 35.5. The third kappa shape index (κ3) is 3.73. The van der Waals surface area contributed by atoms with E-state index in [2.05, 4.69) is 61.3 Å². The Morgan fingerprint density at radius 1 is 1.23 bits per heavy atom. The first kappa shape index (κ1) is 20.2. The monoisotopic (exact) mass is 421 g/mol. The highest BCUT2D eigenvalue weighted by molar-refractivity contribution is 6.31. The van der Waals surface area contributed by atoms with Gasteiger partial charge >= 0.3 is 5.91 Å². The highest BCUT2D eigenvalue weighted by Crippen LogP contribution is 2.38. The molecule has 30 heavy (non-hydrogen) atoms. The Bertz CT molecular complexity index is 1190. The van der Waals surface area contributed by atoms with Gasteiger partial charge in [0, 0.05) is 28.2 Å². The summed E-state index contributed by atoms with van der Waals surface area (Å²) in [5, 5.41) is 5.47. The predicted molar refractivity (Wildman–Crippen MR) is 123 cm³/mol. The van der Waals surface area contributed by atoms with E-state index >= 15 is 0 Å². The second-order valence-corrected chi connectivity index (χ2v) is 8.43. The molecule has 3 aromatic rings. The lowest BCUT2D eigenvalue weighted by atomic mass is 9.88. The summed E-state index contributed by atoms with van der Waals surface area (Å²) < 4.78 is 5.56. The number of carbonyl (C=O) groups is 1. The Hall–Kier alpha value is -3.05. The lowest BCUT2D eigenvalue weighted by Gasteiger charge is -2.42. The van der Waals surface area contributed by atoms with Crippen LogP contribution < -0.4 is 10.3 Å². The number of rotatable bonds is 4. The molecule has 2 heterocycles. The molecule has 0 aliphatic carbocycles. The van der Waals surface area contributed by atoms with E-state index in [0.717, 1.165) is 17.5 Å². The zero-order valence-electron chi connectivity index (χ0n) is 17.5. The highest BCUT2D eigenvalue weighted by Gasteiger charge is 2.29. The minimum atomic E-state index is -0.411. The van der Waals surface area contributed by atoms with Crippen molar-refractivity contribution < 1.29 is 9.21 Å². The number of likely N-dealkylation sites (N-methyl/N-ethyl adjacent to an activating group) is 1. The van der Waals surface area contributed by atoms with Crippen LogP contribution in [-0.2, 0) is 0 Å². The van der Waals surface area contributed by atoms with Crippen molar-refractivity contribution in [2.75, 3.05) is 11.4 Å². The van der Waals surface area contributed by atoms with Crippen molar-refractivity contribution in [3.63, 3.8) is 0 Å². The molecular formula is C24H24ClN3O2. The number of nitrogens with zero attached hydrogens (tertiary/aromatic N) is 2. The van der Waals surface area contributed by atoms with Crippen molar-refractivity contribution >= 4 is 46.0 Å². The number of amides is 1. The molecule has 0 unspecified atom stereocenters. The van der Waals surface area contributed by atoms with Gasteiger partial charge in [-0.2, -0.15) is 5.10 Å². The standard InChI is InChI=1S/C24H24ClN3O2/c1-5-28-20-8-6-16(10-19(20)15(2)13-24(28,3)4)14-26-27-23(29)22-12-17-11-18(25)7-9-21(17)30-22/h6-14H,5H2,1-4H3,(H,27,29)/b26-14-. The maximum Gasteiger partial charge on any atom is 0.307 e. The van der Waals surface area contributed by atoms with E-state index in [1.54, 1.807) is 30.5 Å². The summed E-state index contributed by atoms with van der Waals surface area (Å²) in [6.07, 6.45) is 3.93. The molecular weight excluding hydrogens is 398 g/mol. The molecule has 0 atom stereocenters. The van der Waals surface area contributed by atoms with Gasteiger partial charge in [0.15, 0.2) is 5.76 Å². The molecule has 5 nitrogen and oxygen atoms in total. The van der Waals surface area contributed by atoms with Crippen LogP contribution in [0.2, 0.25) is 5.02 Å². The van der Waals surface area contributed by atoms with Gasteiger partial charge in [-0.05, 0) is 75.2 Å². The number of hydrazone groups is 1. The van der Waals surface area contributed by atoms with E-state index in [1.807, 2.05) is 6.07 Å². The second kappa shape index (κ2) is 7.65. The average molecular weight is 422 g/mol. The van der Waals surface area contributed by atoms with Crippen molar-refractivity contribution in [3.05, 3.63) is 70.5 Å². The smallest absolute Gasteiger partial charge is 0.307 e. The number of hydrogen-bond donors (Lipinski definition) is 1. The van der Waals surface area contributed by atoms with Crippen LogP contribution >= 0.6 is 11.6 Å². The van der Waals surface area contributed by atoms with Crippen LogP contribution in [0.4, 0.5) is 5.69 Å². The van der Waals surface area contributed by atoms with Crippen molar-refractivity contribution in [2.24, 2.45) is 5.10 Å². The zero-order valence-corrected chi connectivity index (χ0v) is 18.2. The molecule has 0 fully saturated rings. The van der Waals surface area contributed by atoms with Gasteiger partial charge < -0.3 is 9.32 Å². The quantitative estimate of drug-likeness (QED) is 0.423. The number of carbonyl (C=O) groups excluding carboxylic acids is 1. The van der Waals surface area contributed by atoms with Gasteiger partial charge in [-0.25, -0.2) is 5.43 Å². The first-order chi connectivity index (χ1) is 14.3. The van der Waals surface area contributed by atoms with Crippen molar-refractivity contribution in [1.82, 2.24) is 5.43 Å². The van der Waals surface area contributed by atoms with E-state index in [4.69, 9.17) is 16.0 Å². The first-order valence-electron chi connectivity index (χ1n) is 9.92. The number of fused-ring (bicyclic) bond motifs is 2. The summed E-state index contributed by atoms with van der Waals surface area (Å²) in [6, 6.07) is 13.1. The molecule has 1 aliphatic rings. The summed E-state index contributed by atoms with van der Waals surface area (Å²) in [7, 11) is 0. The summed E-state index contributed by atoms with van der Waals surface area (Å²) >= 11 is 5.98. The largest absolute Gasteiger partial charge is 0.451 e. The lowest BCUT2D eigenvalue weighted by Crippen LogP contribution is -2.44. The molecule has 0 radical (unpaired) electrons. The van der Waals surface area contributed by atoms with Crippen LogP contribution in [0.25, 0.3) is 16.5 Å². The number of benzene rings is 2. The molecule has 4 rings (SSSR count). The SMILES string of the molecule is CCN1c2ccc(/C=N\NC(=O)c3cc4cc(Cl)ccc4o3)cc2C(C)=CC1(C)C. The zero-order chi connectivity index (χ0) is 21.5. The number of nitrogens with one attached hydrogen (secondary N) is 1. The molecule has 1 amide bonds. The number of allylic oxidation sites excluding steroid dienone is 1. The average Bonchev–Trinajstić information content (AvgIpc) is 3.11. The number of anilines is 1. The van der Waals surface area contributed by atoms with Crippen LogP contribution in [0.15, 0.2) is 58.1 Å². The maximum absolute atomic E-state index is 12.4. The van der Waals surface area contributed by atoms with Gasteiger partial charge in [-0.15, -0.1) is 0 Å². The molecule has 0 saturated carbocycles. The summed E-state index contributed by atoms with van der Waals surface area (Å²) in [6.45, 7) is 9.66. The van der Waals surface area contributed by atoms with Crippen molar-refractivity contribution in [1.29, 1.82) is 0 Å². The molecule has 6 heteroatoms. The molecule has 154 valence electrons. The van der Waals surface area contributed by atoms with Crippen LogP contribution in [-0.4, -0.2) is 24.2 Å². The third-order valence-electron chi connectivity index (χ3n) is 5.40. The summed E-state index contributed by atoms with van der Waals surface area (Å²) in [5.41, 5.74) is 7.65. The van der Waals surface area contributed by atoms with Gasteiger partial charge in [0.25, 0.3) is 0 Å². The number of hydrogen-bond acceptors (Lipinski definition) is 4. The molecule has 0 saturated heterocycles. The summed E-state index contributed by atoms with van der Waals surface area (Å²) in [4.78, 5) is 14.7. The fourth-order valence-electron chi connectivity index (χ4n) is 4.11. The first-order valence-corrected chi connectivity index (χ1v) is 10.3. The van der Waals surface area contributed by atoms with E-state index in [-0.39, 0.29) is 11.3 Å². The van der Waals surface area contributed by atoms with Crippen molar-refractivity contribution in [3.8, 4) is 0 Å². The second-order valence-electron chi connectivity index (χ2n) is 7.99. The lowest BCUT2D eigenvalue weighted by molar-refractivity contribution is 0.0929. The Balaban J connectivity index is 1.52. The topological polar surface area (TPSA) is 57.8 Å². The van der Waals surface area contributed by atoms with Gasteiger partial charge in [-0.1, -0.05) is 23.7 Å². The van der Waals surface area contributed by atoms with Gasteiger partial charge in [0.1, 0.15) is 5.58 Å². The molecule has 1 aromatic heterocycles.